The largest absolute Gasteiger partial charge is 0.305 e. The van der Waals surface area contributed by atoms with Crippen LogP contribution in [0.5, 0.6) is 0 Å². The number of rotatable bonds is 4. The highest BCUT2D eigenvalue weighted by Crippen LogP contribution is 2.09. The van der Waals surface area contributed by atoms with Crippen LogP contribution in [0.2, 0.25) is 0 Å². The fraction of sp³-hybridized carbons (Fsp3) is 0.308. The fourth-order valence-corrected chi connectivity index (χ4v) is 1.68. The summed E-state index contributed by atoms with van der Waals surface area (Å²) in [5.41, 5.74) is 1.24. The van der Waals surface area contributed by atoms with Gasteiger partial charge in [0.25, 0.3) is 5.91 Å². The van der Waals surface area contributed by atoms with Gasteiger partial charge in [-0.2, -0.15) is 5.10 Å². The van der Waals surface area contributed by atoms with Crippen molar-refractivity contribution in [1.82, 2.24) is 14.8 Å². The maximum atomic E-state index is 12.0. The van der Waals surface area contributed by atoms with Gasteiger partial charge in [-0.15, -0.1) is 0 Å². The molecule has 0 aliphatic heterocycles. The number of pyridine rings is 1. The van der Waals surface area contributed by atoms with E-state index in [2.05, 4.69) is 22.3 Å². The number of carbonyl (C=O) groups excluding carboxylic acids is 1. The molecule has 2 aromatic rings. The molecular weight excluding hydrogens is 228 g/mol. The third kappa shape index (κ3) is 2.74. The average Bonchev–Trinajstić information content (AvgIpc) is 2.77. The third-order valence-corrected chi connectivity index (χ3v) is 2.51. The van der Waals surface area contributed by atoms with Gasteiger partial charge in [-0.1, -0.05) is 13.0 Å². The van der Waals surface area contributed by atoms with Crippen molar-refractivity contribution in [2.45, 2.75) is 26.8 Å². The van der Waals surface area contributed by atoms with Crippen molar-refractivity contribution in [2.75, 3.05) is 5.32 Å². The van der Waals surface area contributed by atoms with Gasteiger partial charge in [0.15, 0.2) is 0 Å². The predicted molar refractivity (Wildman–Crippen MR) is 69.4 cm³/mol. The van der Waals surface area contributed by atoms with Crippen LogP contribution >= 0.6 is 0 Å². The molecule has 0 aliphatic rings. The first-order valence-electron chi connectivity index (χ1n) is 5.97. The smallest absolute Gasteiger partial charge is 0.275 e. The molecule has 2 aromatic heterocycles. The van der Waals surface area contributed by atoms with Crippen LogP contribution in [0.3, 0.4) is 0 Å². The zero-order valence-electron chi connectivity index (χ0n) is 10.6. The Morgan fingerprint density at radius 2 is 2.22 bits per heavy atom. The monoisotopic (exact) mass is 244 g/mol. The van der Waals surface area contributed by atoms with Crippen molar-refractivity contribution in [2.24, 2.45) is 0 Å². The van der Waals surface area contributed by atoms with Crippen LogP contribution in [-0.2, 0) is 6.54 Å². The molecular formula is C13H16N4O. The van der Waals surface area contributed by atoms with E-state index in [0.717, 1.165) is 18.7 Å². The van der Waals surface area contributed by atoms with Crippen LogP contribution in [0.1, 0.15) is 29.5 Å². The molecule has 0 atom stereocenters. The Balaban J connectivity index is 2.14. The number of carbonyl (C=O) groups is 1. The van der Waals surface area contributed by atoms with Crippen molar-refractivity contribution >= 4 is 11.7 Å². The number of hydrogen-bond donors (Lipinski definition) is 1. The second-order valence-corrected chi connectivity index (χ2v) is 4.06. The molecule has 5 nitrogen and oxygen atoms in total. The minimum Gasteiger partial charge on any atom is -0.305 e. The van der Waals surface area contributed by atoms with Gasteiger partial charge in [-0.3, -0.25) is 4.79 Å². The summed E-state index contributed by atoms with van der Waals surface area (Å²) in [5, 5.41) is 6.97. The van der Waals surface area contributed by atoms with Crippen LogP contribution in [-0.4, -0.2) is 20.7 Å². The summed E-state index contributed by atoms with van der Waals surface area (Å²) in [4.78, 5) is 16.2. The SMILES string of the molecule is CCCn1nccc1NC(=O)c1cccc(C)n1. The fourth-order valence-electron chi connectivity index (χ4n) is 1.68. The van der Waals surface area contributed by atoms with E-state index in [-0.39, 0.29) is 5.91 Å². The molecule has 0 radical (unpaired) electrons. The molecule has 2 rings (SSSR count). The predicted octanol–water partition coefficient (Wildman–Crippen LogP) is 2.25. The number of amides is 1. The summed E-state index contributed by atoms with van der Waals surface area (Å²) >= 11 is 0. The zero-order chi connectivity index (χ0) is 13.0. The molecule has 1 N–H and O–H groups in total. The number of anilines is 1. The van der Waals surface area contributed by atoms with Crippen LogP contribution in [0.4, 0.5) is 5.82 Å². The first-order chi connectivity index (χ1) is 8.70. The zero-order valence-corrected chi connectivity index (χ0v) is 10.6. The highest BCUT2D eigenvalue weighted by Gasteiger charge is 2.10. The lowest BCUT2D eigenvalue weighted by Crippen LogP contribution is -2.17. The lowest BCUT2D eigenvalue weighted by atomic mass is 10.3. The number of nitrogens with one attached hydrogen (secondary N) is 1. The lowest BCUT2D eigenvalue weighted by molar-refractivity contribution is 0.102. The molecule has 0 bridgehead atoms. The summed E-state index contributed by atoms with van der Waals surface area (Å²) in [6.07, 6.45) is 2.64. The Kier molecular flexibility index (Phi) is 3.72. The molecule has 0 aliphatic carbocycles. The van der Waals surface area contributed by atoms with Crippen molar-refractivity contribution in [1.29, 1.82) is 0 Å². The summed E-state index contributed by atoms with van der Waals surface area (Å²) < 4.78 is 1.77. The van der Waals surface area contributed by atoms with Gasteiger partial charge in [-0.25, -0.2) is 9.67 Å². The Morgan fingerprint density at radius 1 is 1.39 bits per heavy atom. The van der Waals surface area contributed by atoms with E-state index in [9.17, 15) is 4.79 Å². The number of hydrogen-bond acceptors (Lipinski definition) is 3. The van der Waals surface area contributed by atoms with Crippen LogP contribution in [0, 0.1) is 6.92 Å². The van der Waals surface area contributed by atoms with Crippen LogP contribution in [0.25, 0.3) is 0 Å². The van der Waals surface area contributed by atoms with E-state index in [0.29, 0.717) is 11.5 Å². The molecule has 0 saturated heterocycles. The molecule has 0 aromatic carbocycles. The summed E-state index contributed by atoms with van der Waals surface area (Å²) in [6, 6.07) is 7.16. The first kappa shape index (κ1) is 12.3. The Morgan fingerprint density at radius 3 is 2.94 bits per heavy atom. The van der Waals surface area contributed by atoms with E-state index in [4.69, 9.17) is 0 Å². The molecule has 18 heavy (non-hydrogen) atoms. The van der Waals surface area contributed by atoms with Crippen molar-refractivity contribution < 1.29 is 4.79 Å². The molecule has 0 fully saturated rings. The molecule has 1 amide bonds. The van der Waals surface area contributed by atoms with Gasteiger partial charge in [0, 0.05) is 18.3 Å². The van der Waals surface area contributed by atoms with Gasteiger partial charge >= 0.3 is 0 Å². The molecule has 0 unspecified atom stereocenters. The number of aromatic nitrogens is 3. The van der Waals surface area contributed by atoms with Gasteiger partial charge in [-0.05, 0) is 25.5 Å². The van der Waals surface area contributed by atoms with E-state index in [1.54, 1.807) is 23.0 Å². The van der Waals surface area contributed by atoms with Gasteiger partial charge < -0.3 is 5.32 Å². The minimum absolute atomic E-state index is 0.212. The summed E-state index contributed by atoms with van der Waals surface area (Å²) in [7, 11) is 0. The van der Waals surface area contributed by atoms with E-state index in [1.165, 1.54) is 0 Å². The topological polar surface area (TPSA) is 59.8 Å². The van der Waals surface area contributed by atoms with Crippen LogP contribution < -0.4 is 5.32 Å². The molecule has 0 saturated carbocycles. The quantitative estimate of drug-likeness (QED) is 0.897. The van der Waals surface area contributed by atoms with Gasteiger partial charge in [0.05, 0.1) is 6.20 Å². The first-order valence-corrected chi connectivity index (χ1v) is 5.97. The Labute approximate surface area is 106 Å². The Hall–Kier alpha value is -2.17. The van der Waals surface area contributed by atoms with E-state index in [1.807, 2.05) is 19.1 Å². The van der Waals surface area contributed by atoms with E-state index < -0.39 is 0 Å². The second kappa shape index (κ2) is 5.44. The highest BCUT2D eigenvalue weighted by atomic mass is 16.2. The van der Waals surface area contributed by atoms with Gasteiger partial charge in [0.2, 0.25) is 0 Å². The number of nitrogens with zero attached hydrogens (tertiary/aromatic N) is 3. The van der Waals surface area contributed by atoms with Crippen molar-refractivity contribution in [3.05, 3.63) is 41.9 Å². The summed E-state index contributed by atoms with van der Waals surface area (Å²) in [6.45, 7) is 4.71. The standard InChI is InChI=1S/C13H16N4O/c1-3-9-17-12(7-8-14-17)16-13(18)11-6-4-5-10(2)15-11/h4-8H,3,9H2,1-2H3,(H,16,18). The average molecular weight is 244 g/mol. The summed E-state index contributed by atoms with van der Waals surface area (Å²) in [5.74, 6) is 0.488. The molecule has 94 valence electrons. The molecule has 0 spiro atoms. The second-order valence-electron chi connectivity index (χ2n) is 4.06. The van der Waals surface area contributed by atoms with Crippen molar-refractivity contribution in [3.8, 4) is 0 Å². The highest BCUT2D eigenvalue weighted by molar-refractivity contribution is 6.02. The van der Waals surface area contributed by atoms with Crippen molar-refractivity contribution in [3.63, 3.8) is 0 Å². The third-order valence-electron chi connectivity index (χ3n) is 2.51. The van der Waals surface area contributed by atoms with Crippen LogP contribution in [0.15, 0.2) is 30.5 Å². The number of aryl methyl sites for hydroxylation is 2. The maximum Gasteiger partial charge on any atom is 0.275 e. The Bertz CT molecular complexity index is 547. The van der Waals surface area contributed by atoms with E-state index >= 15 is 0 Å². The lowest BCUT2D eigenvalue weighted by Gasteiger charge is -2.07. The minimum atomic E-state index is -0.212. The molecule has 5 heteroatoms. The normalized spacial score (nSPS) is 10.3. The maximum absolute atomic E-state index is 12.0. The van der Waals surface area contributed by atoms with Gasteiger partial charge in [0.1, 0.15) is 11.5 Å². The molecule has 2 heterocycles.